The highest BCUT2D eigenvalue weighted by atomic mass is 16.6. The Kier molecular flexibility index (Phi) is 6.80. The predicted molar refractivity (Wildman–Crippen MR) is 145 cm³/mol. The molecule has 7 nitrogen and oxygen atoms in total. The number of aliphatic imine (C=N–C) groups is 2. The fourth-order valence-corrected chi connectivity index (χ4v) is 5.12. The zero-order valence-electron chi connectivity index (χ0n) is 22.1. The molecule has 0 spiro atoms. The Bertz CT molecular complexity index is 1210. The first-order valence-electron chi connectivity index (χ1n) is 13.2. The maximum atomic E-state index is 12.6. The van der Waals surface area contributed by atoms with Crippen molar-refractivity contribution in [3.05, 3.63) is 83.6 Å². The number of carbonyl (C=O) groups excluding carboxylic acids is 1. The SMILES string of the molecule is CCCOC1=NC2=NC(c3ccc(C4(NC(=O)OC(C)(C)C)CCC4)cc3)C(c3ccccc3)N2C=C1. The zero-order chi connectivity index (χ0) is 26.0. The summed E-state index contributed by atoms with van der Waals surface area (Å²) < 4.78 is 11.3. The minimum Gasteiger partial charge on any atom is -0.478 e. The van der Waals surface area contributed by atoms with Gasteiger partial charge in [-0.05, 0) is 63.1 Å². The monoisotopic (exact) mass is 500 g/mol. The second-order valence-electron chi connectivity index (χ2n) is 10.9. The minimum atomic E-state index is -0.530. The lowest BCUT2D eigenvalue weighted by atomic mass is 9.71. The maximum absolute atomic E-state index is 12.6. The summed E-state index contributed by atoms with van der Waals surface area (Å²) >= 11 is 0. The number of hydrogen-bond acceptors (Lipinski definition) is 6. The molecule has 2 unspecified atom stereocenters. The Balaban J connectivity index is 1.42. The molecule has 0 radical (unpaired) electrons. The summed E-state index contributed by atoms with van der Waals surface area (Å²) in [7, 11) is 0. The molecule has 7 heteroatoms. The molecule has 5 rings (SSSR count). The van der Waals surface area contributed by atoms with Gasteiger partial charge in [-0.1, -0.05) is 61.5 Å². The zero-order valence-corrected chi connectivity index (χ0v) is 22.1. The van der Waals surface area contributed by atoms with Crippen molar-refractivity contribution in [2.75, 3.05) is 6.61 Å². The van der Waals surface area contributed by atoms with E-state index >= 15 is 0 Å². The van der Waals surface area contributed by atoms with Gasteiger partial charge < -0.3 is 19.7 Å². The lowest BCUT2D eigenvalue weighted by Gasteiger charge is -2.43. The van der Waals surface area contributed by atoms with Crippen LogP contribution in [0.25, 0.3) is 0 Å². The number of amides is 1. The lowest BCUT2D eigenvalue weighted by Crippen LogP contribution is -2.52. The first-order chi connectivity index (χ1) is 17.8. The van der Waals surface area contributed by atoms with Gasteiger partial charge in [0.2, 0.25) is 11.9 Å². The summed E-state index contributed by atoms with van der Waals surface area (Å²) in [4.78, 5) is 24.4. The average Bonchev–Trinajstić information content (AvgIpc) is 3.23. The van der Waals surface area contributed by atoms with E-state index in [4.69, 9.17) is 19.5 Å². The summed E-state index contributed by atoms with van der Waals surface area (Å²) in [5.74, 6) is 1.26. The van der Waals surface area contributed by atoms with E-state index in [0.29, 0.717) is 18.5 Å². The summed E-state index contributed by atoms with van der Waals surface area (Å²) in [6, 6.07) is 18.8. The highest BCUT2D eigenvalue weighted by molar-refractivity contribution is 6.02. The molecule has 1 amide bonds. The van der Waals surface area contributed by atoms with Crippen molar-refractivity contribution >= 4 is 18.0 Å². The molecule has 3 aliphatic rings. The molecule has 1 fully saturated rings. The molecule has 2 aromatic carbocycles. The van der Waals surface area contributed by atoms with E-state index in [9.17, 15) is 4.79 Å². The van der Waals surface area contributed by atoms with Gasteiger partial charge in [-0.2, -0.15) is 4.99 Å². The van der Waals surface area contributed by atoms with Crippen LogP contribution < -0.4 is 5.32 Å². The number of guanidine groups is 1. The number of alkyl carbamates (subject to hydrolysis) is 1. The van der Waals surface area contributed by atoms with Crippen molar-refractivity contribution in [2.45, 2.75) is 76.6 Å². The molecule has 37 heavy (non-hydrogen) atoms. The van der Waals surface area contributed by atoms with E-state index in [1.165, 1.54) is 5.56 Å². The molecule has 1 saturated carbocycles. The Morgan fingerprint density at radius 3 is 2.43 bits per heavy atom. The molecule has 2 aliphatic heterocycles. The third-order valence-electron chi connectivity index (χ3n) is 7.02. The number of nitrogens with zero attached hydrogens (tertiary/aromatic N) is 3. The number of carbonyl (C=O) groups is 1. The van der Waals surface area contributed by atoms with E-state index in [0.717, 1.165) is 36.8 Å². The predicted octanol–water partition coefficient (Wildman–Crippen LogP) is 6.40. The topological polar surface area (TPSA) is 75.5 Å². The number of ether oxygens (including phenoxy) is 2. The molecule has 0 aromatic heterocycles. The van der Waals surface area contributed by atoms with Gasteiger partial charge in [0.1, 0.15) is 11.6 Å². The standard InChI is InChI=1S/C30H36N4O3/c1-5-20-36-24-16-19-34-26(22-10-7-6-8-11-22)25(32-27(34)31-24)21-12-14-23(15-13-21)30(17-9-18-30)33-28(35)37-29(2,3)4/h6-8,10-16,19,25-26H,5,9,17-18,20H2,1-4H3,(H,33,35). The average molecular weight is 501 g/mol. The van der Waals surface area contributed by atoms with Crippen LogP contribution in [0, 0.1) is 0 Å². The molecule has 1 aliphatic carbocycles. The van der Waals surface area contributed by atoms with Crippen molar-refractivity contribution in [2.24, 2.45) is 9.98 Å². The maximum Gasteiger partial charge on any atom is 0.408 e. The minimum absolute atomic E-state index is 0.00711. The van der Waals surface area contributed by atoms with Crippen LogP contribution in [0.15, 0.2) is 76.9 Å². The Labute approximate surface area is 219 Å². The van der Waals surface area contributed by atoms with E-state index in [1.807, 2.05) is 39.1 Å². The summed E-state index contributed by atoms with van der Waals surface area (Å²) in [6.45, 7) is 8.35. The Morgan fingerprint density at radius 1 is 1.08 bits per heavy atom. The van der Waals surface area contributed by atoms with Crippen LogP contribution in [0.2, 0.25) is 0 Å². The normalized spacial score (nSPS) is 21.9. The highest BCUT2D eigenvalue weighted by Crippen LogP contribution is 2.45. The molecule has 194 valence electrons. The van der Waals surface area contributed by atoms with Crippen LogP contribution in [-0.2, 0) is 15.0 Å². The van der Waals surface area contributed by atoms with E-state index in [1.54, 1.807) is 0 Å². The quantitative estimate of drug-likeness (QED) is 0.498. The van der Waals surface area contributed by atoms with Gasteiger partial charge in [0, 0.05) is 12.3 Å². The van der Waals surface area contributed by atoms with Crippen molar-refractivity contribution in [1.29, 1.82) is 0 Å². The fraction of sp³-hybridized carbons (Fsp3) is 0.433. The number of rotatable bonds is 6. The lowest BCUT2D eigenvalue weighted by molar-refractivity contribution is 0.0377. The van der Waals surface area contributed by atoms with E-state index in [-0.39, 0.29) is 23.7 Å². The smallest absolute Gasteiger partial charge is 0.408 e. The fourth-order valence-electron chi connectivity index (χ4n) is 5.12. The van der Waals surface area contributed by atoms with Crippen molar-refractivity contribution in [3.63, 3.8) is 0 Å². The van der Waals surface area contributed by atoms with Gasteiger partial charge >= 0.3 is 6.09 Å². The molecular formula is C30H36N4O3. The van der Waals surface area contributed by atoms with Gasteiger partial charge in [0.05, 0.1) is 18.2 Å². The third kappa shape index (κ3) is 5.26. The summed E-state index contributed by atoms with van der Waals surface area (Å²) in [5.41, 5.74) is 2.47. The molecule has 0 bridgehead atoms. The largest absolute Gasteiger partial charge is 0.478 e. The first kappa shape index (κ1) is 25.1. The van der Waals surface area contributed by atoms with Crippen molar-refractivity contribution in [3.8, 4) is 0 Å². The first-order valence-corrected chi connectivity index (χ1v) is 13.2. The molecule has 2 atom stereocenters. The Morgan fingerprint density at radius 2 is 1.81 bits per heavy atom. The van der Waals surface area contributed by atoms with E-state index in [2.05, 4.69) is 65.7 Å². The molecule has 1 N–H and O–H groups in total. The molecule has 2 heterocycles. The van der Waals surface area contributed by atoms with E-state index < -0.39 is 5.60 Å². The highest BCUT2D eigenvalue weighted by Gasteiger charge is 2.42. The number of fused-ring (bicyclic) bond motifs is 1. The van der Waals surface area contributed by atoms with Gasteiger partial charge in [0.15, 0.2) is 0 Å². The van der Waals surface area contributed by atoms with Gasteiger partial charge in [-0.15, -0.1) is 0 Å². The Hall–Kier alpha value is -3.61. The van der Waals surface area contributed by atoms with Crippen LogP contribution in [0.3, 0.4) is 0 Å². The molecular weight excluding hydrogens is 464 g/mol. The van der Waals surface area contributed by atoms with Crippen LogP contribution in [-0.4, -0.2) is 35.1 Å². The number of benzene rings is 2. The van der Waals surface area contributed by atoms with Crippen molar-refractivity contribution in [1.82, 2.24) is 10.2 Å². The van der Waals surface area contributed by atoms with Crippen LogP contribution in [0.5, 0.6) is 0 Å². The number of hydrogen-bond donors (Lipinski definition) is 1. The summed E-state index contributed by atoms with van der Waals surface area (Å²) in [5, 5.41) is 3.15. The van der Waals surface area contributed by atoms with Gasteiger partial charge in [-0.25, -0.2) is 9.79 Å². The van der Waals surface area contributed by atoms with Gasteiger partial charge in [-0.3, -0.25) is 0 Å². The number of nitrogens with one attached hydrogen (secondary N) is 1. The van der Waals surface area contributed by atoms with Gasteiger partial charge in [0.25, 0.3) is 0 Å². The second-order valence-corrected chi connectivity index (χ2v) is 10.9. The third-order valence-corrected chi connectivity index (χ3v) is 7.02. The van der Waals surface area contributed by atoms with Crippen LogP contribution in [0.1, 0.15) is 82.2 Å². The van der Waals surface area contributed by atoms with Crippen molar-refractivity contribution < 1.29 is 14.3 Å². The second kappa shape index (κ2) is 10.0. The summed E-state index contributed by atoms with van der Waals surface area (Å²) in [6.07, 6.45) is 7.37. The molecule has 0 saturated heterocycles. The molecule has 2 aromatic rings. The van der Waals surface area contributed by atoms with Crippen LogP contribution >= 0.6 is 0 Å². The van der Waals surface area contributed by atoms with Crippen LogP contribution in [0.4, 0.5) is 4.79 Å².